The lowest BCUT2D eigenvalue weighted by molar-refractivity contribution is 0.0976. The second-order valence-electron chi connectivity index (χ2n) is 5.51. The van der Waals surface area contributed by atoms with Crippen LogP contribution in [0.4, 0.5) is 0 Å². The molecule has 0 bridgehead atoms. The van der Waals surface area contributed by atoms with Crippen LogP contribution in [0.2, 0.25) is 0 Å². The van der Waals surface area contributed by atoms with E-state index in [0.717, 1.165) is 5.56 Å². The van der Waals surface area contributed by atoms with Crippen LogP contribution in [0.5, 0.6) is 0 Å². The van der Waals surface area contributed by atoms with Gasteiger partial charge < -0.3 is 0 Å². The number of hydrogen-bond acceptors (Lipinski definition) is 6. The van der Waals surface area contributed by atoms with Gasteiger partial charge in [0, 0.05) is 4.47 Å². The molecule has 0 aliphatic carbocycles. The number of nitrogens with one attached hydrogen (secondary N) is 2. The molecular formula is C15H11BrN2O6S2. The number of amides is 2. The molecule has 8 nitrogen and oxygen atoms in total. The molecule has 2 aliphatic rings. The first-order valence-corrected chi connectivity index (χ1v) is 10.8. The number of halogens is 1. The van der Waals surface area contributed by atoms with E-state index in [2.05, 4.69) is 15.9 Å². The van der Waals surface area contributed by atoms with E-state index in [4.69, 9.17) is 0 Å². The van der Waals surface area contributed by atoms with Gasteiger partial charge >= 0.3 is 0 Å². The molecule has 2 amide bonds. The molecule has 0 spiro atoms. The van der Waals surface area contributed by atoms with Crippen LogP contribution in [-0.4, -0.2) is 28.6 Å². The predicted octanol–water partition coefficient (Wildman–Crippen LogP) is 1.31. The molecule has 2 aromatic rings. The van der Waals surface area contributed by atoms with Gasteiger partial charge in [0.2, 0.25) is 0 Å². The molecule has 0 atom stereocenters. The molecule has 2 heterocycles. The molecule has 0 unspecified atom stereocenters. The van der Waals surface area contributed by atoms with Gasteiger partial charge in [0.05, 0.1) is 11.1 Å². The van der Waals surface area contributed by atoms with E-state index in [1.165, 1.54) is 24.3 Å². The highest BCUT2D eigenvalue weighted by Crippen LogP contribution is 2.25. The summed E-state index contributed by atoms with van der Waals surface area (Å²) in [5, 5.41) is 0. The summed E-state index contributed by atoms with van der Waals surface area (Å²) in [4.78, 5) is 22.3. The summed E-state index contributed by atoms with van der Waals surface area (Å²) in [7, 11) is -7.18. The highest BCUT2D eigenvalue weighted by molar-refractivity contribution is 9.10. The van der Waals surface area contributed by atoms with E-state index in [0.29, 0.717) is 4.47 Å². The molecule has 0 radical (unpaired) electrons. The van der Waals surface area contributed by atoms with Crippen LogP contribution in [0.1, 0.15) is 26.3 Å². The zero-order valence-electron chi connectivity index (χ0n) is 13.1. The van der Waals surface area contributed by atoms with Crippen LogP contribution in [0.3, 0.4) is 0 Å². The highest BCUT2D eigenvalue weighted by atomic mass is 79.9. The smallest absolute Gasteiger partial charge is 0.266 e. The van der Waals surface area contributed by atoms with Crippen molar-refractivity contribution in [3.8, 4) is 0 Å². The summed E-state index contributed by atoms with van der Waals surface area (Å²) in [6, 6.07) is 9.22. The third-order valence-electron chi connectivity index (χ3n) is 3.60. The van der Waals surface area contributed by atoms with E-state index in [1.807, 2.05) is 9.44 Å². The number of rotatable bonds is 0. The Balaban J connectivity index is 0.000000151. The van der Waals surface area contributed by atoms with Crippen LogP contribution >= 0.6 is 15.9 Å². The van der Waals surface area contributed by atoms with E-state index < -0.39 is 31.9 Å². The van der Waals surface area contributed by atoms with E-state index >= 15 is 0 Å². The first-order valence-electron chi connectivity index (χ1n) is 7.06. The van der Waals surface area contributed by atoms with Crippen LogP contribution < -0.4 is 9.44 Å². The lowest BCUT2D eigenvalue weighted by Gasteiger charge is -1.95. The Morgan fingerprint density at radius 2 is 1.23 bits per heavy atom. The number of benzene rings is 2. The summed E-state index contributed by atoms with van der Waals surface area (Å²) in [6.45, 7) is 1.78. The second kappa shape index (κ2) is 6.18. The molecule has 11 heteroatoms. The zero-order valence-corrected chi connectivity index (χ0v) is 16.3. The number of carbonyl (C=O) groups excluding carboxylic acids is 2. The first-order chi connectivity index (χ1) is 12.0. The maximum atomic E-state index is 11.3. The Hall–Kier alpha value is -2.24. The minimum absolute atomic E-state index is 0.0341. The molecular weight excluding hydrogens is 448 g/mol. The zero-order chi connectivity index (χ0) is 19.3. The van der Waals surface area contributed by atoms with Crippen LogP contribution in [0.25, 0.3) is 0 Å². The van der Waals surface area contributed by atoms with Crippen molar-refractivity contribution in [1.82, 2.24) is 9.44 Å². The molecule has 0 aromatic heterocycles. The highest BCUT2D eigenvalue weighted by Gasteiger charge is 2.32. The van der Waals surface area contributed by atoms with E-state index in [-0.39, 0.29) is 20.9 Å². The monoisotopic (exact) mass is 458 g/mol. The Morgan fingerprint density at radius 1 is 0.769 bits per heavy atom. The molecule has 2 aromatic carbocycles. The van der Waals surface area contributed by atoms with Gasteiger partial charge in [-0.25, -0.2) is 26.3 Å². The predicted molar refractivity (Wildman–Crippen MR) is 94.6 cm³/mol. The lowest BCUT2D eigenvalue weighted by Crippen LogP contribution is -2.20. The van der Waals surface area contributed by atoms with Gasteiger partial charge in [-0.05, 0) is 42.8 Å². The summed E-state index contributed by atoms with van der Waals surface area (Å²) in [5.41, 5.74) is 1.24. The Labute approximate surface area is 157 Å². The van der Waals surface area contributed by atoms with E-state index in [1.54, 1.807) is 19.1 Å². The average molecular weight is 459 g/mol. The van der Waals surface area contributed by atoms with E-state index in [9.17, 15) is 26.4 Å². The SMILES string of the molecule is Cc1ccc2c(c1)S(=O)(=O)NC2=O.O=C1NS(=O)(=O)c2cc(Br)ccc21. The number of carbonyl (C=O) groups is 2. The van der Waals surface area contributed by atoms with Crippen molar-refractivity contribution < 1.29 is 26.4 Å². The molecule has 26 heavy (non-hydrogen) atoms. The number of fused-ring (bicyclic) bond motifs is 2. The standard InChI is InChI=1S/C8H7NO3S.C7H4BrNO3S/c1-5-2-3-6-7(4-5)13(11,12)9-8(6)10;8-4-1-2-5-6(3-4)13(11,12)9-7(5)10/h2-4H,1H3,(H,9,10);1-3H,(H,9,10). The molecule has 0 saturated carbocycles. The molecule has 2 N–H and O–H groups in total. The fourth-order valence-electron chi connectivity index (χ4n) is 2.41. The maximum absolute atomic E-state index is 11.3. The van der Waals surface area contributed by atoms with Crippen molar-refractivity contribution in [1.29, 1.82) is 0 Å². The number of hydrogen-bond donors (Lipinski definition) is 2. The summed E-state index contributed by atoms with van der Waals surface area (Å²) in [5.74, 6) is -1.11. The maximum Gasteiger partial charge on any atom is 0.266 e. The van der Waals surface area contributed by atoms with Gasteiger partial charge in [-0.3, -0.25) is 9.59 Å². The summed E-state index contributed by atoms with van der Waals surface area (Å²) < 4.78 is 49.5. The van der Waals surface area contributed by atoms with Gasteiger partial charge in [0.15, 0.2) is 0 Å². The van der Waals surface area contributed by atoms with Crippen molar-refractivity contribution in [3.05, 3.63) is 57.6 Å². The minimum atomic E-state index is -3.61. The van der Waals surface area contributed by atoms with Gasteiger partial charge in [-0.2, -0.15) is 0 Å². The third kappa shape index (κ3) is 3.24. The molecule has 0 fully saturated rings. The normalized spacial score (nSPS) is 18.1. The molecule has 0 saturated heterocycles. The van der Waals surface area contributed by atoms with Gasteiger partial charge in [0.25, 0.3) is 31.9 Å². The van der Waals surface area contributed by atoms with Crippen molar-refractivity contribution in [3.63, 3.8) is 0 Å². The first kappa shape index (κ1) is 18.5. The number of sulfonamides is 2. The van der Waals surface area contributed by atoms with Gasteiger partial charge in [-0.15, -0.1) is 0 Å². The fourth-order valence-corrected chi connectivity index (χ4v) is 5.37. The third-order valence-corrected chi connectivity index (χ3v) is 6.84. The lowest BCUT2D eigenvalue weighted by atomic mass is 10.1. The van der Waals surface area contributed by atoms with Crippen LogP contribution in [0.15, 0.2) is 50.7 Å². The summed E-state index contributed by atoms with van der Waals surface area (Å²) in [6.07, 6.45) is 0. The fraction of sp³-hybridized carbons (Fsp3) is 0.0667. The average Bonchev–Trinajstić information content (AvgIpc) is 2.89. The number of aryl methyl sites for hydroxylation is 1. The second-order valence-corrected chi connectivity index (χ2v) is 9.73. The largest absolute Gasteiger partial charge is 0.268 e. The summed E-state index contributed by atoms with van der Waals surface area (Å²) >= 11 is 3.13. The van der Waals surface area contributed by atoms with Crippen LogP contribution in [0, 0.1) is 6.92 Å². The Kier molecular flexibility index (Phi) is 4.41. The van der Waals surface area contributed by atoms with Crippen molar-refractivity contribution in [2.75, 3.05) is 0 Å². The Bertz CT molecular complexity index is 1080. The van der Waals surface area contributed by atoms with Crippen molar-refractivity contribution in [2.45, 2.75) is 16.7 Å². The topological polar surface area (TPSA) is 126 Å². The van der Waals surface area contributed by atoms with Gasteiger partial charge in [0.1, 0.15) is 9.79 Å². The molecule has 4 rings (SSSR count). The molecule has 2 aliphatic heterocycles. The quantitative estimate of drug-likeness (QED) is 0.612. The van der Waals surface area contributed by atoms with Crippen molar-refractivity contribution >= 4 is 47.8 Å². The van der Waals surface area contributed by atoms with Crippen molar-refractivity contribution in [2.24, 2.45) is 0 Å². The molecule has 136 valence electrons. The van der Waals surface area contributed by atoms with Gasteiger partial charge in [-0.1, -0.05) is 22.0 Å². The van der Waals surface area contributed by atoms with Crippen LogP contribution in [-0.2, 0) is 20.0 Å². The Morgan fingerprint density at radius 3 is 1.77 bits per heavy atom. The minimum Gasteiger partial charge on any atom is -0.268 e.